The minimum atomic E-state index is -4.42. The highest BCUT2D eigenvalue weighted by atomic mass is 19.4. The van der Waals surface area contributed by atoms with E-state index >= 15 is 4.39 Å². The van der Waals surface area contributed by atoms with Crippen molar-refractivity contribution in [1.82, 2.24) is 9.88 Å². The number of carbonyl (C=O) groups is 1. The molecular formula is C31H32F4N2O3. The van der Waals surface area contributed by atoms with Gasteiger partial charge in [0.05, 0.1) is 24.7 Å². The smallest absolute Gasteiger partial charge is 0.416 e. The van der Waals surface area contributed by atoms with Crippen molar-refractivity contribution in [3.63, 3.8) is 0 Å². The van der Waals surface area contributed by atoms with E-state index in [4.69, 9.17) is 4.74 Å². The molecular weight excluding hydrogens is 524 g/mol. The number of aromatic nitrogens is 1. The number of nitrogens with zero attached hydrogens (tertiary/aromatic N) is 2. The number of hydrogen-bond donors (Lipinski definition) is 1. The van der Waals surface area contributed by atoms with Crippen LogP contribution in [0.15, 0.2) is 54.7 Å². The van der Waals surface area contributed by atoms with Crippen LogP contribution in [0.1, 0.15) is 55.0 Å². The molecule has 1 N–H and O–H groups in total. The Kier molecular flexibility index (Phi) is 9.64. The van der Waals surface area contributed by atoms with Gasteiger partial charge in [0, 0.05) is 30.1 Å². The molecule has 0 radical (unpaired) electrons. The number of methoxy groups -OCH3 is 1. The number of aliphatic carboxylic acids is 1. The van der Waals surface area contributed by atoms with Crippen LogP contribution in [0, 0.1) is 23.7 Å². The standard InChI is InChI=1S/C31H32F4N2O3/c1-40-25-9-11-29-27(19-25)26(13-15-36-29)28(32)10-7-22-14-17-37(20-23(22)8-12-30(38)39)16-3-5-21-4-2-6-24(18-21)31(33,34)35/h2,4,6,9,11,13,15,18-19,22-23,28H,7-8,10,12,14,16-17,20H2,1H3,(H,38,39)/t22-,23+,28?/m1/s1. The monoisotopic (exact) mass is 556 g/mol. The molecule has 1 fully saturated rings. The van der Waals surface area contributed by atoms with Crippen molar-refractivity contribution < 1.29 is 32.2 Å². The number of hydrogen-bond acceptors (Lipinski definition) is 4. The van der Waals surface area contributed by atoms with Crippen LogP contribution < -0.4 is 4.74 Å². The Balaban J connectivity index is 1.39. The molecule has 3 aromatic rings. The molecule has 0 bridgehead atoms. The van der Waals surface area contributed by atoms with Gasteiger partial charge in [-0.2, -0.15) is 13.2 Å². The highest BCUT2D eigenvalue weighted by Crippen LogP contribution is 2.36. The molecule has 1 aliphatic heterocycles. The molecule has 1 aromatic heterocycles. The number of pyridine rings is 1. The van der Waals surface area contributed by atoms with Crippen molar-refractivity contribution >= 4 is 16.9 Å². The zero-order valence-corrected chi connectivity index (χ0v) is 22.3. The maximum atomic E-state index is 15.5. The number of rotatable bonds is 9. The Morgan fingerprint density at radius 1 is 1.18 bits per heavy atom. The Morgan fingerprint density at radius 3 is 2.75 bits per heavy atom. The van der Waals surface area contributed by atoms with E-state index in [-0.39, 0.29) is 18.3 Å². The second-order valence-electron chi connectivity index (χ2n) is 10.2. The number of halogens is 4. The number of fused-ring (bicyclic) bond motifs is 1. The maximum absolute atomic E-state index is 15.5. The first-order valence-electron chi connectivity index (χ1n) is 13.3. The number of carboxylic acid groups (broad SMARTS) is 1. The van der Waals surface area contributed by atoms with Gasteiger partial charge < -0.3 is 9.84 Å². The largest absolute Gasteiger partial charge is 0.497 e. The molecule has 3 atom stereocenters. The zero-order chi connectivity index (χ0) is 28.7. The predicted octanol–water partition coefficient (Wildman–Crippen LogP) is 6.91. The summed E-state index contributed by atoms with van der Waals surface area (Å²) in [7, 11) is 1.56. The molecule has 40 heavy (non-hydrogen) atoms. The minimum absolute atomic E-state index is 0.0265. The molecule has 0 amide bonds. The van der Waals surface area contributed by atoms with Crippen molar-refractivity contribution in [1.29, 1.82) is 0 Å². The normalized spacial score (nSPS) is 18.6. The quantitative estimate of drug-likeness (QED) is 0.229. The third-order valence-corrected chi connectivity index (χ3v) is 7.54. The van der Waals surface area contributed by atoms with Crippen molar-refractivity contribution in [2.24, 2.45) is 11.8 Å². The van der Waals surface area contributed by atoms with E-state index in [1.807, 2.05) is 0 Å². The number of carboxylic acids is 1. The third kappa shape index (κ3) is 7.72. The molecule has 5 nitrogen and oxygen atoms in total. The fraction of sp³-hybridized carbons (Fsp3) is 0.419. The molecule has 1 unspecified atom stereocenters. The highest BCUT2D eigenvalue weighted by molar-refractivity contribution is 5.83. The molecule has 0 aliphatic carbocycles. The van der Waals surface area contributed by atoms with E-state index in [2.05, 4.69) is 21.7 Å². The number of likely N-dealkylation sites (tertiary alicyclic amines) is 1. The molecule has 1 aliphatic rings. The van der Waals surface area contributed by atoms with Gasteiger partial charge in [0.15, 0.2) is 0 Å². The Morgan fingerprint density at radius 2 is 2.00 bits per heavy atom. The molecule has 1 saturated heterocycles. The first kappa shape index (κ1) is 29.3. The summed E-state index contributed by atoms with van der Waals surface area (Å²) in [5, 5.41) is 9.98. The second-order valence-corrected chi connectivity index (χ2v) is 10.2. The molecule has 4 rings (SSSR count). The van der Waals surface area contributed by atoms with Gasteiger partial charge in [0.2, 0.25) is 0 Å². The van der Waals surface area contributed by atoms with E-state index in [0.717, 1.165) is 18.6 Å². The predicted molar refractivity (Wildman–Crippen MR) is 145 cm³/mol. The highest BCUT2D eigenvalue weighted by Gasteiger charge is 2.31. The van der Waals surface area contributed by atoms with Gasteiger partial charge >= 0.3 is 12.1 Å². The van der Waals surface area contributed by atoms with Crippen molar-refractivity contribution in [3.05, 3.63) is 71.4 Å². The van der Waals surface area contributed by atoms with Crippen LogP contribution in [0.3, 0.4) is 0 Å². The van der Waals surface area contributed by atoms with Crippen LogP contribution in [0.4, 0.5) is 17.6 Å². The molecule has 2 aromatic carbocycles. The average molecular weight is 557 g/mol. The van der Waals surface area contributed by atoms with Crippen molar-refractivity contribution in [2.75, 3.05) is 26.7 Å². The number of alkyl halides is 4. The molecule has 212 valence electrons. The van der Waals surface area contributed by atoms with E-state index in [0.29, 0.717) is 66.7 Å². The maximum Gasteiger partial charge on any atom is 0.416 e. The van der Waals surface area contributed by atoms with Crippen LogP contribution in [0.25, 0.3) is 10.9 Å². The average Bonchev–Trinajstić information content (AvgIpc) is 2.94. The summed E-state index contributed by atoms with van der Waals surface area (Å²) in [5.74, 6) is 5.75. The lowest BCUT2D eigenvalue weighted by Gasteiger charge is -2.38. The van der Waals surface area contributed by atoms with Gasteiger partial charge in [0.1, 0.15) is 11.9 Å². The lowest BCUT2D eigenvalue weighted by Crippen LogP contribution is -2.41. The van der Waals surface area contributed by atoms with Crippen molar-refractivity contribution in [3.8, 4) is 17.6 Å². The lowest BCUT2D eigenvalue weighted by atomic mass is 9.79. The Bertz CT molecular complexity index is 1380. The summed E-state index contributed by atoms with van der Waals surface area (Å²) in [6.45, 7) is 1.68. The van der Waals surface area contributed by atoms with E-state index in [1.54, 1.807) is 43.6 Å². The van der Waals surface area contributed by atoms with Crippen molar-refractivity contribution in [2.45, 2.75) is 44.5 Å². The second kappa shape index (κ2) is 13.1. The van der Waals surface area contributed by atoms with E-state index in [1.165, 1.54) is 6.07 Å². The summed E-state index contributed by atoms with van der Waals surface area (Å²) < 4.78 is 59.7. The first-order valence-corrected chi connectivity index (χ1v) is 13.3. The zero-order valence-electron chi connectivity index (χ0n) is 22.3. The summed E-state index contributed by atoms with van der Waals surface area (Å²) >= 11 is 0. The van der Waals surface area contributed by atoms with Gasteiger partial charge in [-0.15, -0.1) is 0 Å². The fourth-order valence-corrected chi connectivity index (χ4v) is 5.40. The number of ether oxygens (including phenoxy) is 1. The van der Waals surface area contributed by atoms with Gasteiger partial charge in [-0.1, -0.05) is 17.9 Å². The Hall–Kier alpha value is -3.64. The molecule has 0 spiro atoms. The van der Waals surface area contributed by atoms with Gasteiger partial charge in [0.25, 0.3) is 0 Å². The minimum Gasteiger partial charge on any atom is -0.497 e. The topological polar surface area (TPSA) is 62.7 Å². The van der Waals surface area contributed by atoms with Crippen LogP contribution in [0.2, 0.25) is 0 Å². The fourth-order valence-electron chi connectivity index (χ4n) is 5.40. The summed E-state index contributed by atoms with van der Waals surface area (Å²) in [6.07, 6.45) is -1.83. The number of benzene rings is 2. The van der Waals surface area contributed by atoms with E-state index in [9.17, 15) is 23.1 Å². The molecule has 2 heterocycles. The first-order chi connectivity index (χ1) is 19.1. The van der Waals surface area contributed by atoms with E-state index < -0.39 is 23.9 Å². The molecule has 9 heteroatoms. The van der Waals surface area contributed by atoms with Crippen LogP contribution in [-0.2, 0) is 11.0 Å². The van der Waals surface area contributed by atoms with Crippen LogP contribution in [0.5, 0.6) is 5.75 Å². The Labute approximate surface area is 231 Å². The number of piperidine rings is 1. The van der Waals surface area contributed by atoms with Gasteiger partial charge in [-0.25, -0.2) is 4.39 Å². The lowest BCUT2D eigenvalue weighted by molar-refractivity contribution is -0.138. The summed E-state index contributed by atoms with van der Waals surface area (Å²) in [4.78, 5) is 17.7. The van der Waals surface area contributed by atoms with Crippen LogP contribution in [-0.4, -0.2) is 47.7 Å². The molecule has 0 saturated carbocycles. The van der Waals surface area contributed by atoms with Gasteiger partial charge in [-0.3, -0.25) is 14.7 Å². The SMILES string of the molecule is COc1ccc2nccc(C(F)CC[C@@H]3CCN(CC#Cc4cccc(C(F)(F)F)c4)C[C@@H]3CCC(=O)O)c2c1. The third-order valence-electron chi connectivity index (χ3n) is 7.54. The van der Waals surface area contributed by atoms with Gasteiger partial charge in [-0.05, 0) is 92.1 Å². The summed E-state index contributed by atoms with van der Waals surface area (Å²) in [6, 6.07) is 12.0. The summed E-state index contributed by atoms with van der Waals surface area (Å²) in [5.41, 5.74) is 0.814. The van der Waals surface area contributed by atoms with Crippen LogP contribution >= 0.6 is 0 Å².